The highest BCUT2D eigenvalue weighted by atomic mass is 35.5. The molecule has 0 aliphatic heterocycles. The van der Waals surface area contributed by atoms with E-state index < -0.39 is 4.33 Å². The average molecular weight is 290 g/mol. The second-order valence-corrected chi connectivity index (χ2v) is 6.81. The minimum Gasteiger partial charge on any atom is -0.326 e. The van der Waals surface area contributed by atoms with E-state index in [-0.39, 0.29) is 5.91 Å². The third-order valence-corrected chi connectivity index (χ3v) is 4.68. The fourth-order valence-electron chi connectivity index (χ4n) is 1.49. The Balaban J connectivity index is 1.84. The van der Waals surface area contributed by atoms with E-state index in [4.69, 9.17) is 23.2 Å². The minimum absolute atomic E-state index is 0.0579. The van der Waals surface area contributed by atoms with Gasteiger partial charge >= 0.3 is 0 Å². The predicted octanol–water partition coefficient (Wildman–Crippen LogP) is 3.93. The van der Waals surface area contributed by atoms with Gasteiger partial charge in [0.1, 0.15) is 4.33 Å². The van der Waals surface area contributed by atoms with Crippen LogP contribution in [-0.2, 0) is 4.79 Å². The van der Waals surface area contributed by atoms with Crippen molar-refractivity contribution in [1.82, 2.24) is 0 Å². The van der Waals surface area contributed by atoms with Gasteiger partial charge in [0.15, 0.2) is 0 Å². The van der Waals surface area contributed by atoms with Gasteiger partial charge in [0, 0.05) is 29.2 Å². The molecular formula is C12H13Cl2NOS. The normalized spacial score (nSPS) is 21.0. The van der Waals surface area contributed by atoms with Crippen molar-refractivity contribution in [1.29, 1.82) is 0 Å². The number of nitrogens with one attached hydrogen (secondary N) is 1. The predicted molar refractivity (Wildman–Crippen MR) is 74.0 cm³/mol. The lowest BCUT2D eigenvalue weighted by atomic mass is 10.3. The summed E-state index contributed by atoms with van der Waals surface area (Å²) in [7, 11) is 0. The highest BCUT2D eigenvalue weighted by Gasteiger charge is 2.51. The number of amides is 1. The average Bonchev–Trinajstić information content (AvgIpc) is 2.85. The Hall–Kier alpha value is -0.380. The Kier molecular flexibility index (Phi) is 3.91. The monoisotopic (exact) mass is 289 g/mol. The number of carbonyl (C=O) groups excluding carboxylic acids is 1. The smallest absolute Gasteiger partial charge is 0.221 e. The molecule has 1 N–H and O–H groups in total. The lowest BCUT2D eigenvalue weighted by molar-refractivity contribution is -0.114. The third-order valence-electron chi connectivity index (χ3n) is 2.58. The molecule has 1 atom stereocenters. The van der Waals surface area contributed by atoms with E-state index in [1.54, 1.807) is 11.8 Å². The molecule has 92 valence electrons. The fourth-order valence-corrected chi connectivity index (χ4v) is 3.32. The number of hydrogen-bond acceptors (Lipinski definition) is 2. The van der Waals surface area contributed by atoms with Gasteiger partial charge in [0.2, 0.25) is 5.91 Å². The number of hydrogen-bond donors (Lipinski definition) is 1. The van der Waals surface area contributed by atoms with Crippen molar-refractivity contribution in [2.24, 2.45) is 5.92 Å². The summed E-state index contributed by atoms with van der Waals surface area (Å²) in [6.45, 7) is 1.50. The molecule has 1 amide bonds. The highest BCUT2D eigenvalue weighted by Crippen LogP contribution is 2.54. The number of halogens is 2. The van der Waals surface area contributed by atoms with E-state index in [1.165, 1.54) is 6.92 Å². The number of carbonyl (C=O) groups is 1. The maximum atomic E-state index is 10.8. The molecule has 1 aliphatic carbocycles. The van der Waals surface area contributed by atoms with Crippen LogP contribution >= 0.6 is 35.0 Å². The van der Waals surface area contributed by atoms with Crippen molar-refractivity contribution in [3.8, 4) is 0 Å². The quantitative estimate of drug-likeness (QED) is 0.672. The first-order valence-electron chi connectivity index (χ1n) is 5.35. The van der Waals surface area contributed by atoms with Gasteiger partial charge in [0.25, 0.3) is 0 Å². The maximum Gasteiger partial charge on any atom is 0.221 e. The van der Waals surface area contributed by atoms with Crippen LogP contribution in [0.4, 0.5) is 5.69 Å². The summed E-state index contributed by atoms with van der Waals surface area (Å²) in [5.74, 6) is 1.27. The van der Waals surface area contributed by atoms with Crippen molar-refractivity contribution in [2.45, 2.75) is 22.6 Å². The van der Waals surface area contributed by atoms with Crippen LogP contribution in [0.2, 0.25) is 0 Å². The second-order valence-electron chi connectivity index (χ2n) is 4.18. The summed E-state index contributed by atoms with van der Waals surface area (Å²) in [6.07, 6.45) is 0.882. The molecule has 2 nitrogen and oxygen atoms in total. The number of rotatable bonds is 4. The molecule has 17 heavy (non-hydrogen) atoms. The SMILES string of the molecule is CC(=O)Nc1ccc(SCC2CC2(Cl)Cl)cc1. The Morgan fingerprint density at radius 3 is 2.53 bits per heavy atom. The van der Waals surface area contributed by atoms with Crippen LogP contribution in [0.25, 0.3) is 0 Å². The molecule has 0 saturated heterocycles. The van der Waals surface area contributed by atoms with E-state index in [2.05, 4.69) is 5.32 Å². The van der Waals surface area contributed by atoms with Gasteiger partial charge in [0.05, 0.1) is 0 Å². The molecule has 1 aliphatic rings. The molecular weight excluding hydrogens is 277 g/mol. The molecule has 5 heteroatoms. The Labute approximate surface area is 115 Å². The van der Waals surface area contributed by atoms with E-state index in [0.717, 1.165) is 22.8 Å². The van der Waals surface area contributed by atoms with Crippen molar-refractivity contribution in [3.63, 3.8) is 0 Å². The Morgan fingerprint density at radius 1 is 1.47 bits per heavy atom. The first kappa shape index (κ1) is 13.1. The van der Waals surface area contributed by atoms with Crippen molar-refractivity contribution < 1.29 is 4.79 Å². The number of anilines is 1. The van der Waals surface area contributed by atoms with Crippen LogP contribution in [0.1, 0.15) is 13.3 Å². The first-order chi connectivity index (χ1) is 7.97. The van der Waals surface area contributed by atoms with Gasteiger partial charge in [-0.25, -0.2) is 0 Å². The number of benzene rings is 1. The Bertz CT molecular complexity index is 419. The summed E-state index contributed by atoms with van der Waals surface area (Å²) < 4.78 is -0.497. The summed E-state index contributed by atoms with van der Waals surface area (Å²) in [5, 5.41) is 2.73. The molecule has 2 rings (SSSR count). The second kappa shape index (κ2) is 5.09. The van der Waals surface area contributed by atoms with Crippen LogP contribution in [0.15, 0.2) is 29.2 Å². The molecule has 0 heterocycles. The van der Waals surface area contributed by atoms with Crippen molar-refractivity contribution >= 4 is 46.6 Å². The van der Waals surface area contributed by atoms with E-state index in [1.807, 2.05) is 24.3 Å². The van der Waals surface area contributed by atoms with Crippen LogP contribution in [0, 0.1) is 5.92 Å². The van der Waals surface area contributed by atoms with Gasteiger partial charge in [-0.1, -0.05) is 0 Å². The zero-order valence-electron chi connectivity index (χ0n) is 9.37. The van der Waals surface area contributed by atoms with Gasteiger partial charge in [-0.2, -0.15) is 0 Å². The molecule has 1 aromatic carbocycles. The van der Waals surface area contributed by atoms with Crippen LogP contribution < -0.4 is 5.32 Å². The molecule has 0 bridgehead atoms. The third kappa shape index (κ3) is 3.80. The molecule has 1 unspecified atom stereocenters. The maximum absolute atomic E-state index is 10.8. The van der Waals surface area contributed by atoms with Gasteiger partial charge in [-0.3, -0.25) is 4.79 Å². The summed E-state index contributed by atoms with van der Waals surface area (Å²) >= 11 is 13.7. The topological polar surface area (TPSA) is 29.1 Å². The van der Waals surface area contributed by atoms with E-state index in [9.17, 15) is 4.79 Å². The molecule has 1 saturated carbocycles. The minimum atomic E-state index is -0.497. The van der Waals surface area contributed by atoms with Gasteiger partial charge in [-0.05, 0) is 30.7 Å². The van der Waals surface area contributed by atoms with Crippen molar-refractivity contribution in [2.75, 3.05) is 11.1 Å². The standard InChI is InChI=1S/C12H13Cl2NOS/c1-8(16)15-10-2-4-11(5-3-10)17-7-9-6-12(9,13)14/h2-5,9H,6-7H2,1H3,(H,15,16). The first-order valence-corrected chi connectivity index (χ1v) is 7.10. The summed E-state index contributed by atoms with van der Waals surface area (Å²) in [5.41, 5.74) is 0.817. The van der Waals surface area contributed by atoms with Gasteiger partial charge in [-0.15, -0.1) is 35.0 Å². The molecule has 0 radical (unpaired) electrons. The highest BCUT2D eigenvalue weighted by molar-refractivity contribution is 7.99. The lowest BCUT2D eigenvalue weighted by Gasteiger charge is -2.04. The van der Waals surface area contributed by atoms with E-state index >= 15 is 0 Å². The van der Waals surface area contributed by atoms with Crippen LogP contribution in [-0.4, -0.2) is 16.0 Å². The zero-order valence-corrected chi connectivity index (χ0v) is 11.7. The molecule has 0 spiro atoms. The van der Waals surface area contributed by atoms with Crippen LogP contribution in [0.5, 0.6) is 0 Å². The molecule has 1 fully saturated rings. The summed E-state index contributed by atoms with van der Waals surface area (Å²) in [4.78, 5) is 12.0. The Morgan fingerprint density at radius 2 is 2.06 bits per heavy atom. The van der Waals surface area contributed by atoms with E-state index in [0.29, 0.717) is 5.92 Å². The number of thioether (sulfide) groups is 1. The fraction of sp³-hybridized carbons (Fsp3) is 0.417. The number of alkyl halides is 2. The zero-order chi connectivity index (χ0) is 12.5. The van der Waals surface area contributed by atoms with Crippen molar-refractivity contribution in [3.05, 3.63) is 24.3 Å². The van der Waals surface area contributed by atoms with Crippen LogP contribution in [0.3, 0.4) is 0 Å². The molecule has 1 aromatic rings. The van der Waals surface area contributed by atoms with Gasteiger partial charge < -0.3 is 5.32 Å². The molecule has 0 aromatic heterocycles. The largest absolute Gasteiger partial charge is 0.326 e. The summed E-state index contributed by atoms with van der Waals surface area (Å²) in [6, 6.07) is 7.77. The lowest BCUT2D eigenvalue weighted by Crippen LogP contribution is -2.05.